The van der Waals surface area contributed by atoms with Gasteiger partial charge in [0.1, 0.15) is 5.82 Å². The number of anilines is 1. The lowest BCUT2D eigenvalue weighted by Crippen LogP contribution is -2.28. The average molecular weight is 256 g/mol. The van der Waals surface area contributed by atoms with E-state index in [0.29, 0.717) is 6.04 Å². The van der Waals surface area contributed by atoms with Crippen molar-refractivity contribution in [2.45, 2.75) is 25.4 Å². The lowest BCUT2D eigenvalue weighted by molar-refractivity contribution is 0.532. The molecule has 0 bridgehead atoms. The van der Waals surface area contributed by atoms with Crippen molar-refractivity contribution >= 4 is 5.69 Å². The number of rotatable bonds is 3. The summed E-state index contributed by atoms with van der Waals surface area (Å²) in [5, 5.41) is 3.52. The van der Waals surface area contributed by atoms with Crippen molar-refractivity contribution in [1.82, 2.24) is 5.32 Å². The van der Waals surface area contributed by atoms with Gasteiger partial charge >= 0.3 is 0 Å². The third-order valence-corrected chi connectivity index (χ3v) is 3.67. The Hall–Kier alpha value is -1.87. The summed E-state index contributed by atoms with van der Waals surface area (Å²) < 4.78 is 12.8. The monoisotopic (exact) mass is 256 g/mol. The lowest BCUT2D eigenvalue weighted by atomic mass is 10.1. The van der Waals surface area contributed by atoms with Gasteiger partial charge in [-0.1, -0.05) is 18.2 Å². The maximum Gasteiger partial charge on any atom is 0.123 e. The average Bonchev–Trinajstić information content (AvgIpc) is 2.80. The topological polar surface area (TPSA) is 38.0 Å². The molecule has 2 aromatic rings. The molecule has 1 atom stereocenters. The van der Waals surface area contributed by atoms with E-state index in [-0.39, 0.29) is 5.82 Å². The van der Waals surface area contributed by atoms with Crippen LogP contribution in [0, 0.1) is 5.82 Å². The molecule has 0 radical (unpaired) electrons. The summed E-state index contributed by atoms with van der Waals surface area (Å²) >= 11 is 0. The maximum absolute atomic E-state index is 12.8. The quantitative estimate of drug-likeness (QED) is 0.829. The SMILES string of the molecule is Nc1ccc2c(c1)CC(NCc1ccc(F)cc1)C2. The fourth-order valence-corrected chi connectivity index (χ4v) is 2.65. The number of hydrogen-bond acceptors (Lipinski definition) is 2. The number of halogens is 1. The summed E-state index contributed by atoms with van der Waals surface area (Å²) in [5.41, 5.74) is 10.5. The van der Waals surface area contributed by atoms with Crippen molar-refractivity contribution in [3.63, 3.8) is 0 Å². The van der Waals surface area contributed by atoms with Crippen LogP contribution >= 0.6 is 0 Å². The van der Waals surface area contributed by atoms with Gasteiger partial charge in [-0.05, 0) is 53.8 Å². The fourth-order valence-electron chi connectivity index (χ4n) is 2.65. The third kappa shape index (κ3) is 2.76. The van der Waals surface area contributed by atoms with Crippen molar-refractivity contribution < 1.29 is 4.39 Å². The maximum atomic E-state index is 12.8. The predicted molar refractivity (Wildman–Crippen MR) is 75.3 cm³/mol. The first kappa shape index (κ1) is 12.2. The fraction of sp³-hybridized carbons (Fsp3) is 0.250. The van der Waals surface area contributed by atoms with Crippen LogP contribution < -0.4 is 11.1 Å². The minimum Gasteiger partial charge on any atom is -0.399 e. The van der Waals surface area contributed by atoms with E-state index in [0.717, 1.165) is 30.6 Å². The molecule has 19 heavy (non-hydrogen) atoms. The normalized spacial score (nSPS) is 17.4. The number of hydrogen-bond donors (Lipinski definition) is 2. The molecular weight excluding hydrogens is 239 g/mol. The first-order valence-corrected chi connectivity index (χ1v) is 6.56. The molecule has 3 heteroatoms. The summed E-state index contributed by atoms with van der Waals surface area (Å²) in [6.45, 7) is 0.772. The lowest BCUT2D eigenvalue weighted by Gasteiger charge is -2.11. The number of fused-ring (bicyclic) bond motifs is 1. The number of nitrogens with one attached hydrogen (secondary N) is 1. The summed E-state index contributed by atoms with van der Waals surface area (Å²) in [6, 6.07) is 13.2. The van der Waals surface area contributed by atoms with Gasteiger partial charge in [-0.2, -0.15) is 0 Å². The van der Waals surface area contributed by atoms with Gasteiger partial charge in [-0.3, -0.25) is 0 Å². The van der Waals surface area contributed by atoms with Crippen LogP contribution in [0.25, 0.3) is 0 Å². The molecule has 0 spiro atoms. The molecule has 0 saturated carbocycles. The van der Waals surface area contributed by atoms with E-state index >= 15 is 0 Å². The van der Waals surface area contributed by atoms with Crippen molar-refractivity contribution in [2.24, 2.45) is 0 Å². The van der Waals surface area contributed by atoms with Gasteiger partial charge < -0.3 is 11.1 Å². The Kier molecular flexibility index (Phi) is 3.22. The predicted octanol–water partition coefficient (Wildman–Crippen LogP) is 2.66. The highest BCUT2D eigenvalue weighted by Crippen LogP contribution is 2.24. The van der Waals surface area contributed by atoms with E-state index in [9.17, 15) is 4.39 Å². The highest BCUT2D eigenvalue weighted by Gasteiger charge is 2.20. The molecule has 1 aliphatic carbocycles. The Morgan fingerprint density at radius 1 is 1.05 bits per heavy atom. The van der Waals surface area contributed by atoms with Crippen molar-refractivity contribution in [2.75, 3.05) is 5.73 Å². The second-order valence-corrected chi connectivity index (χ2v) is 5.14. The zero-order chi connectivity index (χ0) is 13.2. The van der Waals surface area contributed by atoms with Crippen LogP contribution in [0.4, 0.5) is 10.1 Å². The van der Waals surface area contributed by atoms with Gasteiger partial charge in [0.25, 0.3) is 0 Å². The van der Waals surface area contributed by atoms with Crippen molar-refractivity contribution in [3.8, 4) is 0 Å². The summed E-state index contributed by atoms with van der Waals surface area (Å²) in [6.07, 6.45) is 2.05. The molecule has 0 aliphatic heterocycles. The molecule has 2 nitrogen and oxygen atoms in total. The number of nitrogen functional groups attached to an aromatic ring is 1. The zero-order valence-electron chi connectivity index (χ0n) is 10.7. The van der Waals surface area contributed by atoms with Gasteiger partial charge in [0, 0.05) is 18.3 Å². The molecule has 3 rings (SSSR count). The molecule has 0 amide bonds. The summed E-state index contributed by atoms with van der Waals surface area (Å²) in [4.78, 5) is 0. The second kappa shape index (κ2) is 5.02. The Balaban J connectivity index is 1.60. The minimum atomic E-state index is -0.188. The second-order valence-electron chi connectivity index (χ2n) is 5.14. The van der Waals surface area contributed by atoms with Crippen LogP contribution in [0.2, 0.25) is 0 Å². The molecule has 1 unspecified atom stereocenters. The Bertz CT molecular complexity index is 578. The molecule has 0 aromatic heterocycles. The summed E-state index contributed by atoms with van der Waals surface area (Å²) in [5.74, 6) is -0.188. The van der Waals surface area contributed by atoms with E-state index in [4.69, 9.17) is 5.73 Å². The highest BCUT2D eigenvalue weighted by atomic mass is 19.1. The van der Waals surface area contributed by atoms with Gasteiger partial charge in [-0.25, -0.2) is 4.39 Å². The third-order valence-electron chi connectivity index (χ3n) is 3.67. The van der Waals surface area contributed by atoms with E-state index in [1.165, 1.54) is 23.3 Å². The molecule has 98 valence electrons. The van der Waals surface area contributed by atoms with Crippen LogP contribution in [0.1, 0.15) is 16.7 Å². The molecule has 1 aliphatic rings. The Morgan fingerprint density at radius 2 is 1.79 bits per heavy atom. The molecule has 0 heterocycles. The van der Waals surface area contributed by atoms with E-state index in [1.54, 1.807) is 0 Å². The van der Waals surface area contributed by atoms with E-state index in [2.05, 4.69) is 17.4 Å². The molecular formula is C16H17FN2. The number of nitrogens with two attached hydrogens (primary N) is 1. The minimum absolute atomic E-state index is 0.188. The van der Waals surface area contributed by atoms with Crippen LogP contribution in [-0.4, -0.2) is 6.04 Å². The van der Waals surface area contributed by atoms with Crippen LogP contribution in [-0.2, 0) is 19.4 Å². The smallest absolute Gasteiger partial charge is 0.123 e. The van der Waals surface area contributed by atoms with Gasteiger partial charge in [0.15, 0.2) is 0 Å². The van der Waals surface area contributed by atoms with Crippen molar-refractivity contribution in [1.29, 1.82) is 0 Å². The molecule has 0 fully saturated rings. The van der Waals surface area contributed by atoms with Crippen LogP contribution in [0.5, 0.6) is 0 Å². The van der Waals surface area contributed by atoms with Gasteiger partial charge in [0.05, 0.1) is 0 Å². The Morgan fingerprint density at radius 3 is 2.58 bits per heavy atom. The molecule has 0 saturated heterocycles. The van der Waals surface area contributed by atoms with E-state index in [1.807, 2.05) is 18.2 Å². The van der Waals surface area contributed by atoms with Crippen LogP contribution in [0.3, 0.4) is 0 Å². The van der Waals surface area contributed by atoms with Crippen LogP contribution in [0.15, 0.2) is 42.5 Å². The first-order chi connectivity index (χ1) is 9.20. The zero-order valence-corrected chi connectivity index (χ0v) is 10.7. The van der Waals surface area contributed by atoms with Gasteiger partial charge in [-0.15, -0.1) is 0 Å². The number of benzene rings is 2. The Labute approximate surface area is 112 Å². The first-order valence-electron chi connectivity index (χ1n) is 6.56. The van der Waals surface area contributed by atoms with Gasteiger partial charge in [0.2, 0.25) is 0 Å². The van der Waals surface area contributed by atoms with E-state index < -0.39 is 0 Å². The largest absolute Gasteiger partial charge is 0.399 e. The standard InChI is InChI=1S/C16H17FN2/c17-14-4-1-11(2-5-14)10-19-16-8-12-3-6-15(18)7-13(12)9-16/h1-7,16,19H,8-10,18H2. The highest BCUT2D eigenvalue weighted by molar-refractivity contribution is 5.47. The molecule has 3 N–H and O–H groups in total. The summed E-state index contributed by atoms with van der Waals surface area (Å²) in [7, 11) is 0. The molecule has 2 aromatic carbocycles. The van der Waals surface area contributed by atoms with Crippen molar-refractivity contribution in [3.05, 3.63) is 65.0 Å².